The number of hydrogen-bond acceptors (Lipinski definition) is 2. The number of benzene rings is 1. The van der Waals surface area contributed by atoms with Crippen LogP contribution in [0.3, 0.4) is 0 Å². The molecule has 0 saturated heterocycles. The standard InChI is InChI=1S/C11H17IN2/c1-13(2)9-8-10-4-6-11(7-5-10)14(3)12/h4-7H,8-9H2,1-3H3. The van der Waals surface area contributed by atoms with Gasteiger partial charge in [-0.3, -0.25) is 0 Å². The average Bonchev–Trinajstić information content (AvgIpc) is 2.15. The fraction of sp³-hybridized carbons (Fsp3) is 0.455. The molecule has 0 fully saturated rings. The highest BCUT2D eigenvalue weighted by Crippen LogP contribution is 2.16. The van der Waals surface area contributed by atoms with Crippen LogP contribution in [-0.4, -0.2) is 32.6 Å². The van der Waals surface area contributed by atoms with Crippen molar-refractivity contribution in [3.8, 4) is 0 Å². The van der Waals surface area contributed by atoms with Gasteiger partial charge in [0.25, 0.3) is 0 Å². The molecule has 14 heavy (non-hydrogen) atoms. The molecule has 0 heterocycles. The zero-order chi connectivity index (χ0) is 10.6. The van der Waals surface area contributed by atoms with Crippen LogP contribution in [0.2, 0.25) is 0 Å². The van der Waals surface area contributed by atoms with E-state index in [1.54, 1.807) is 0 Å². The Morgan fingerprint density at radius 3 is 2.07 bits per heavy atom. The van der Waals surface area contributed by atoms with E-state index in [-0.39, 0.29) is 0 Å². The maximum atomic E-state index is 2.28. The summed E-state index contributed by atoms with van der Waals surface area (Å²) in [5.41, 5.74) is 2.65. The summed E-state index contributed by atoms with van der Waals surface area (Å²) in [5, 5.41) is 0. The number of halogens is 1. The fourth-order valence-electron chi connectivity index (χ4n) is 1.22. The van der Waals surface area contributed by atoms with E-state index in [0.717, 1.165) is 13.0 Å². The van der Waals surface area contributed by atoms with Crippen LogP contribution in [0, 0.1) is 0 Å². The Kier molecular flexibility index (Phi) is 4.68. The third kappa shape index (κ3) is 3.84. The summed E-state index contributed by atoms with van der Waals surface area (Å²) in [5.74, 6) is 0. The molecule has 0 amide bonds. The Bertz CT molecular complexity index is 267. The van der Waals surface area contributed by atoms with Gasteiger partial charge < -0.3 is 8.01 Å². The van der Waals surface area contributed by atoms with Gasteiger partial charge in [0.15, 0.2) is 0 Å². The molecule has 0 spiro atoms. The minimum atomic E-state index is 1.11. The Morgan fingerprint density at radius 2 is 1.64 bits per heavy atom. The van der Waals surface area contributed by atoms with Gasteiger partial charge in [0.05, 0.1) is 22.9 Å². The first-order valence-electron chi connectivity index (χ1n) is 4.73. The SMILES string of the molecule is CN(C)CCc1ccc(N(C)I)cc1. The van der Waals surface area contributed by atoms with Gasteiger partial charge in [0.2, 0.25) is 0 Å². The molecule has 2 nitrogen and oxygen atoms in total. The zero-order valence-corrected chi connectivity index (χ0v) is 11.2. The average molecular weight is 304 g/mol. The summed E-state index contributed by atoms with van der Waals surface area (Å²) < 4.78 is 2.09. The van der Waals surface area contributed by atoms with E-state index in [2.05, 4.69) is 76.3 Å². The van der Waals surface area contributed by atoms with Crippen molar-refractivity contribution in [1.29, 1.82) is 0 Å². The van der Waals surface area contributed by atoms with Gasteiger partial charge >= 0.3 is 0 Å². The highest BCUT2D eigenvalue weighted by molar-refractivity contribution is 14.1. The van der Waals surface area contributed by atoms with Gasteiger partial charge in [-0.1, -0.05) is 12.1 Å². The molecule has 0 radical (unpaired) electrons. The Morgan fingerprint density at radius 1 is 1.07 bits per heavy atom. The van der Waals surface area contributed by atoms with Crippen LogP contribution in [0.15, 0.2) is 24.3 Å². The Labute approximate surface area is 100 Å². The lowest BCUT2D eigenvalue weighted by Crippen LogP contribution is -2.15. The number of anilines is 1. The third-order valence-electron chi connectivity index (χ3n) is 2.14. The second-order valence-corrected chi connectivity index (χ2v) is 5.14. The first kappa shape index (κ1) is 11.8. The van der Waals surface area contributed by atoms with E-state index in [9.17, 15) is 0 Å². The van der Waals surface area contributed by atoms with Gasteiger partial charge in [-0.15, -0.1) is 0 Å². The lowest BCUT2D eigenvalue weighted by atomic mass is 10.1. The summed E-state index contributed by atoms with van der Waals surface area (Å²) in [4.78, 5) is 2.21. The van der Waals surface area contributed by atoms with E-state index >= 15 is 0 Å². The van der Waals surface area contributed by atoms with Crippen molar-refractivity contribution < 1.29 is 0 Å². The molecule has 0 aromatic heterocycles. The molecule has 0 aliphatic heterocycles. The van der Waals surface area contributed by atoms with Gasteiger partial charge in [-0.2, -0.15) is 0 Å². The summed E-state index contributed by atoms with van der Waals surface area (Å²) in [7, 11) is 6.26. The monoisotopic (exact) mass is 304 g/mol. The largest absolute Gasteiger partial charge is 0.318 e. The first-order valence-corrected chi connectivity index (χ1v) is 5.69. The zero-order valence-electron chi connectivity index (χ0n) is 9.00. The fourth-order valence-corrected chi connectivity index (χ4v) is 1.54. The van der Waals surface area contributed by atoms with Crippen molar-refractivity contribution in [3.05, 3.63) is 29.8 Å². The number of likely N-dealkylation sites (N-methyl/N-ethyl adjacent to an activating group) is 1. The van der Waals surface area contributed by atoms with Gasteiger partial charge in [0, 0.05) is 19.3 Å². The van der Waals surface area contributed by atoms with Crippen LogP contribution < -0.4 is 3.11 Å². The van der Waals surface area contributed by atoms with Gasteiger partial charge in [-0.25, -0.2) is 0 Å². The molecule has 1 aromatic carbocycles. The molecular weight excluding hydrogens is 287 g/mol. The van der Waals surface area contributed by atoms with E-state index < -0.39 is 0 Å². The van der Waals surface area contributed by atoms with Crippen LogP contribution in [0.4, 0.5) is 5.69 Å². The molecule has 0 N–H and O–H groups in total. The molecule has 78 valence electrons. The Balaban J connectivity index is 2.55. The van der Waals surface area contributed by atoms with E-state index in [1.165, 1.54) is 11.3 Å². The molecule has 1 aromatic rings. The third-order valence-corrected chi connectivity index (χ3v) is 2.70. The van der Waals surface area contributed by atoms with Crippen LogP contribution >= 0.6 is 22.9 Å². The second kappa shape index (κ2) is 5.56. The predicted molar refractivity (Wildman–Crippen MR) is 71.1 cm³/mol. The van der Waals surface area contributed by atoms with Crippen LogP contribution in [-0.2, 0) is 6.42 Å². The van der Waals surface area contributed by atoms with Gasteiger partial charge in [-0.05, 0) is 38.2 Å². The quantitative estimate of drug-likeness (QED) is 0.623. The van der Waals surface area contributed by atoms with Crippen LogP contribution in [0.25, 0.3) is 0 Å². The molecule has 0 bridgehead atoms. The van der Waals surface area contributed by atoms with Crippen molar-refractivity contribution in [3.63, 3.8) is 0 Å². The van der Waals surface area contributed by atoms with Gasteiger partial charge in [0.1, 0.15) is 0 Å². The minimum Gasteiger partial charge on any atom is -0.318 e. The number of hydrogen-bond donors (Lipinski definition) is 0. The first-order chi connectivity index (χ1) is 6.59. The van der Waals surface area contributed by atoms with Crippen molar-refractivity contribution in [2.45, 2.75) is 6.42 Å². The lowest BCUT2D eigenvalue weighted by Gasteiger charge is -2.12. The maximum Gasteiger partial charge on any atom is 0.0588 e. The summed E-state index contributed by atoms with van der Waals surface area (Å²) in [6, 6.07) is 8.73. The smallest absolute Gasteiger partial charge is 0.0588 e. The van der Waals surface area contributed by atoms with E-state index in [4.69, 9.17) is 0 Å². The minimum absolute atomic E-state index is 1.11. The topological polar surface area (TPSA) is 6.48 Å². The van der Waals surface area contributed by atoms with Crippen molar-refractivity contribution in [2.75, 3.05) is 30.8 Å². The molecule has 0 atom stereocenters. The molecule has 0 aliphatic rings. The molecule has 0 saturated carbocycles. The van der Waals surface area contributed by atoms with Crippen molar-refractivity contribution in [1.82, 2.24) is 4.90 Å². The normalized spacial score (nSPS) is 10.6. The van der Waals surface area contributed by atoms with E-state index in [0.29, 0.717) is 0 Å². The van der Waals surface area contributed by atoms with Crippen LogP contribution in [0.1, 0.15) is 5.56 Å². The van der Waals surface area contributed by atoms with Crippen molar-refractivity contribution in [2.24, 2.45) is 0 Å². The molecular formula is C11H17IN2. The second-order valence-electron chi connectivity index (χ2n) is 3.70. The molecule has 1 rings (SSSR count). The highest BCUT2D eigenvalue weighted by atomic mass is 127. The van der Waals surface area contributed by atoms with Crippen LogP contribution in [0.5, 0.6) is 0 Å². The Hall–Kier alpha value is -0.290. The summed E-state index contributed by atoms with van der Waals surface area (Å²) in [6.07, 6.45) is 1.12. The lowest BCUT2D eigenvalue weighted by molar-refractivity contribution is 0.413. The summed E-state index contributed by atoms with van der Waals surface area (Å²) >= 11 is 2.28. The number of nitrogens with zero attached hydrogens (tertiary/aromatic N) is 2. The van der Waals surface area contributed by atoms with Crippen molar-refractivity contribution >= 4 is 28.6 Å². The maximum absolute atomic E-state index is 2.28. The summed E-state index contributed by atoms with van der Waals surface area (Å²) in [6.45, 7) is 1.11. The highest BCUT2D eigenvalue weighted by Gasteiger charge is 1.97. The van der Waals surface area contributed by atoms with E-state index in [1.807, 2.05) is 0 Å². The predicted octanol–water partition coefficient (Wildman–Crippen LogP) is 2.58. The number of rotatable bonds is 4. The molecule has 0 unspecified atom stereocenters. The molecule has 3 heteroatoms. The molecule has 0 aliphatic carbocycles.